The molecule has 0 aliphatic rings. The topological polar surface area (TPSA) is 69.0 Å². The number of rotatable bonds is 8. The van der Waals surface area contributed by atoms with E-state index in [4.69, 9.17) is 16.3 Å². The Hall–Kier alpha value is -1.57. The van der Waals surface area contributed by atoms with E-state index < -0.39 is 0 Å². The summed E-state index contributed by atoms with van der Waals surface area (Å²) in [6.07, 6.45) is 1.63. The molecule has 0 aliphatic carbocycles. The van der Waals surface area contributed by atoms with Crippen LogP contribution in [0.2, 0.25) is 5.02 Å². The molecular weight excluding hydrogens is 324 g/mol. The van der Waals surface area contributed by atoms with Crippen molar-refractivity contribution in [2.24, 2.45) is 0 Å². The van der Waals surface area contributed by atoms with Crippen molar-refractivity contribution >= 4 is 29.3 Å². The van der Waals surface area contributed by atoms with Crippen LogP contribution < -0.4 is 5.32 Å². The molecule has 0 spiro atoms. The second kappa shape index (κ2) is 8.77. The van der Waals surface area contributed by atoms with Crippen LogP contribution in [0.15, 0.2) is 35.7 Å². The third-order valence-electron chi connectivity index (χ3n) is 2.85. The van der Waals surface area contributed by atoms with Crippen LogP contribution in [-0.4, -0.2) is 40.1 Å². The first kappa shape index (κ1) is 16.8. The molecule has 0 bridgehead atoms. The Balaban J connectivity index is 1.75. The molecule has 0 aliphatic heterocycles. The van der Waals surface area contributed by atoms with Crippen molar-refractivity contribution in [1.82, 2.24) is 20.1 Å². The molecule has 0 unspecified atom stereocenters. The van der Waals surface area contributed by atoms with Crippen LogP contribution in [0, 0.1) is 0 Å². The van der Waals surface area contributed by atoms with Gasteiger partial charge in [0.1, 0.15) is 6.33 Å². The van der Waals surface area contributed by atoms with Crippen LogP contribution in [0.3, 0.4) is 0 Å². The summed E-state index contributed by atoms with van der Waals surface area (Å²) in [4.78, 5) is 11.9. The predicted molar refractivity (Wildman–Crippen MR) is 85.9 cm³/mol. The number of amides is 1. The molecule has 0 radical (unpaired) electrons. The van der Waals surface area contributed by atoms with Gasteiger partial charge in [0.15, 0.2) is 5.16 Å². The molecule has 118 valence electrons. The average Bonchev–Trinajstić information content (AvgIpc) is 2.97. The van der Waals surface area contributed by atoms with Gasteiger partial charge >= 0.3 is 0 Å². The number of ether oxygens (including phenoxy) is 1. The highest BCUT2D eigenvalue weighted by atomic mass is 35.5. The van der Waals surface area contributed by atoms with Crippen LogP contribution in [0.25, 0.3) is 0 Å². The van der Waals surface area contributed by atoms with Gasteiger partial charge in [-0.3, -0.25) is 4.79 Å². The lowest BCUT2D eigenvalue weighted by Gasteiger charge is -2.07. The predicted octanol–water partition coefficient (Wildman–Crippen LogP) is 1.99. The van der Waals surface area contributed by atoms with Crippen molar-refractivity contribution in [2.45, 2.75) is 18.2 Å². The molecule has 6 nitrogen and oxygen atoms in total. The number of hydrogen-bond donors (Lipinski definition) is 1. The summed E-state index contributed by atoms with van der Waals surface area (Å²) in [6, 6.07) is 7.38. The van der Waals surface area contributed by atoms with Crippen molar-refractivity contribution < 1.29 is 9.53 Å². The zero-order valence-electron chi connectivity index (χ0n) is 12.2. The van der Waals surface area contributed by atoms with Crippen molar-refractivity contribution in [3.05, 3.63) is 41.2 Å². The maximum atomic E-state index is 11.9. The van der Waals surface area contributed by atoms with E-state index >= 15 is 0 Å². The van der Waals surface area contributed by atoms with Gasteiger partial charge in [-0.05, 0) is 17.7 Å². The number of methoxy groups -OCH3 is 1. The first-order chi connectivity index (χ1) is 10.7. The number of carbonyl (C=O) groups excluding carboxylic acids is 1. The number of nitrogens with one attached hydrogen (secondary N) is 1. The highest BCUT2D eigenvalue weighted by Gasteiger charge is 2.08. The standard InChI is InChI=1S/C14H17ClN4O2S/c1-21-7-6-19-10-17-18-14(19)22-9-13(20)16-8-11-2-4-12(15)5-3-11/h2-5,10H,6-9H2,1H3,(H,16,20). The monoisotopic (exact) mass is 340 g/mol. The maximum absolute atomic E-state index is 11.9. The summed E-state index contributed by atoms with van der Waals surface area (Å²) in [7, 11) is 1.64. The van der Waals surface area contributed by atoms with E-state index in [2.05, 4.69) is 15.5 Å². The molecule has 2 aromatic rings. The van der Waals surface area contributed by atoms with Crippen molar-refractivity contribution in [3.8, 4) is 0 Å². The molecule has 1 aromatic heterocycles. The van der Waals surface area contributed by atoms with Crippen molar-refractivity contribution in [1.29, 1.82) is 0 Å². The maximum Gasteiger partial charge on any atom is 0.230 e. The zero-order chi connectivity index (χ0) is 15.8. The molecule has 1 amide bonds. The second-order valence-electron chi connectivity index (χ2n) is 4.49. The number of benzene rings is 1. The zero-order valence-corrected chi connectivity index (χ0v) is 13.7. The first-order valence-electron chi connectivity index (χ1n) is 6.69. The molecule has 0 saturated carbocycles. The molecule has 1 aromatic carbocycles. The summed E-state index contributed by atoms with van der Waals surface area (Å²) >= 11 is 7.17. The Morgan fingerprint density at radius 1 is 1.41 bits per heavy atom. The van der Waals surface area contributed by atoms with E-state index in [9.17, 15) is 4.79 Å². The molecule has 1 N–H and O–H groups in total. The quantitative estimate of drug-likeness (QED) is 0.744. The molecule has 2 rings (SSSR count). The number of nitrogens with zero attached hydrogens (tertiary/aromatic N) is 3. The number of carbonyl (C=O) groups is 1. The largest absolute Gasteiger partial charge is 0.383 e. The van der Waals surface area contributed by atoms with Gasteiger partial charge in [0.25, 0.3) is 0 Å². The van der Waals surface area contributed by atoms with Crippen molar-refractivity contribution in [3.63, 3.8) is 0 Å². The fourth-order valence-electron chi connectivity index (χ4n) is 1.68. The average molecular weight is 341 g/mol. The first-order valence-corrected chi connectivity index (χ1v) is 8.06. The van der Waals surface area contributed by atoms with Crippen LogP contribution in [0.4, 0.5) is 0 Å². The minimum Gasteiger partial charge on any atom is -0.383 e. The number of thioether (sulfide) groups is 1. The minimum atomic E-state index is -0.0544. The van der Waals surface area contributed by atoms with Crippen molar-refractivity contribution in [2.75, 3.05) is 19.5 Å². The summed E-state index contributed by atoms with van der Waals surface area (Å²) in [6.45, 7) is 1.72. The fourth-order valence-corrected chi connectivity index (χ4v) is 2.58. The van der Waals surface area contributed by atoms with Gasteiger partial charge in [0.2, 0.25) is 5.91 Å². The van der Waals surface area contributed by atoms with Crippen LogP contribution >= 0.6 is 23.4 Å². The highest BCUT2D eigenvalue weighted by Crippen LogP contribution is 2.14. The molecule has 0 fully saturated rings. The molecule has 1 heterocycles. The Labute approximate surface area is 138 Å². The SMILES string of the molecule is COCCn1cnnc1SCC(=O)NCc1ccc(Cl)cc1. The van der Waals surface area contributed by atoms with E-state index in [0.717, 1.165) is 5.56 Å². The van der Waals surface area contributed by atoms with Crippen LogP contribution in [-0.2, 0) is 22.6 Å². The number of halogens is 1. The van der Waals surface area contributed by atoms with Crippen LogP contribution in [0.5, 0.6) is 0 Å². The summed E-state index contributed by atoms with van der Waals surface area (Å²) in [5, 5.41) is 12.1. The third-order valence-corrected chi connectivity index (χ3v) is 4.08. The molecule has 22 heavy (non-hydrogen) atoms. The lowest BCUT2D eigenvalue weighted by molar-refractivity contribution is -0.118. The number of aromatic nitrogens is 3. The highest BCUT2D eigenvalue weighted by molar-refractivity contribution is 7.99. The molecule has 0 saturated heterocycles. The summed E-state index contributed by atoms with van der Waals surface area (Å²) in [5.41, 5.74) is 1.01. The molecule has 0 atom stereocenters. The summed E-state index contributed by atoms with van der Waals surface area (Å²) in [5.74, 6) is 0.237. The third kappa shape index (κ3) is 5.32. The van der Waals surface area contributed by atoms with Gasteiger partial charge in [0, 0.05) is 25.2 Å². The van der Waals surface area contributed by atoms with Crippen LogP contribution in [0.1, 0.15) is 5.56 Å². The van der Waals surface area contributed by atoms with Gasteiger partial charge in [-0.1, -0.05) is 35.5 Å². The minimum absolute atomic E-state index is 0.0544. The Morgan fingerprint density at radius 3 is 2.91 bits per heavy atom. The fraction of sp³-hybridized carbons (Fsp3) is 0.357. The van der Waals surface area contributed by atoms with E-state index in [1.54, 1.807) is 25.6 Å². The van der Waals surface area contributed by atoms with Gasteiger partial charge in [-0.2, -0.15) is 0 Å². The summed E-state index contributed by atoms with van der Waals surface area (Å²) < 4.78 is 6.88. The molecule has 8 heteroatoms. The Kier molecular flexibility index (Phi) is 6.70. The lowest BCUT2D eigenvalue weighted by Crippen LogP contribution is -2.24. The number of hydrogen-bond acceptors (Lipinski definition) is 5. The van der Waals surface area contributed by atoms with E-state index in [0.29, 0.717) is 35.6 Å². The van der Waals surface area contributed by atoms with E-state index in [-0.39, 0.29) is 5.91 Å². The Morgan fingerprint density at radius 2 is 2.18 bits per heavy atom. The normalized spacial score (nSPS) is 10.6. The van der Waals surface area contributed by atoms with Gasteiger partial charge in [-0.15, -0.1) is 10.2 Å². The smallest absolute Gasteiger partial charge is 0.230 e. The Bertz CT molecular complexity index is 603. The molecular formula is C14H17ClN4O2S. The van der Waals surface area contributed by atoms with E-state index in [1.807, 2.05) is 16.7 Å². The van der Waals surface area contributed by atoms with Gasteiger partial charge in [-0.25, -0.2) is 0 Å². The second-order valence-corrected chi connectivity index (χ2v) is 5.87. The van der Waals surface area contributed by atoms with E-state index in [1.165, 1.54) is 11.8 Å². The van der Waals surface area contributed by atoms with Gasteiger partial charge < -0.3 is 14.6 Å². The lowest BCUT2D eigenvalue weighted by atomic mass is 10.2. The van der Waals surface area contributed by atoms with Gasteiger partial charge in [0.05, 0.1) is 12.4 Å².